The molecule has 0 bridgehead atoms. The molecule has 3 heterocycles. The third-order valence-corrected chi connectivity index (χ3v) is 5.43. The van der Waals surface area contributed by atoms with E-state index in [2.05, 4.69) is 21.8 Å². The molecule has 1 fully saturated rings. The van der Waals surface area contributed by atoms with Gasteiger partial charge in [-0.2, -0.15) is 0 Å². The van der Waals surface area contributed by atoms with Crippen molar-refractivity contribution in [3.8, 4) is 11.8 Å². The van der Waals surface area contributed by atoms with Gasteiger partial charge in [0.25, 0.3) is 0 Å². The van der Waals surface area contributed by atoms with Crippen LogP contribution in [0.1, 0.15) is 35.5 Å². The zero-order valence-corrected chi connectivity index (χ0v) is 16.4. The van der Waals surface area contributed by atoms with Crippen LogP contribution in [0.15, 0.2) is 36.8 Å². The Morgan fingerprint density at radius 2 is 1.93 bits per heavy atom. The highest BCUT2D eigenvalue weighted by Crippen LogP contribution is 2.43. The van der Waals surface area contributed by atoms with E-state index in [0.29, 0.717) is 22.3 Å². The molecule has 1 aliphatic heterocycles. The van der Waals surface area contributed by atoms with Crippen molar-refractivity contribution in [2.24, 2.45) is 0 Å². The van der Waals surface area contributed by atoms with Crippen LogP contribution in [0, 0.1) is 25.7 Å². The summed E-state index contributed by atoms with van der Waals surface area (Å²) >= 11 is 0. The van der Waals surface area contributed by atoms with E-state index >= 15 is 4.39 Å². The van der Waals surface area contributed by atoms with Gasteiger partial charge in [-0.25, -0.2) is 14.4 Å². The first kappa shape index (κ1) is 19.5. The minimum Gasteiger partial charge on any atom is -0.394 e. The smallest absolute Gasteiger partial charge is 0.181 e. The van der Waals surface area contributed by atoms with E-state index in [9.17, 15) is 10.2 Å². The van der Waals surface area contributed by atoms with E-state index in [1.54, 1.807) is 6.20 Å². The van der Waals surface area contributed by atoms with Crippen LogP contribution in [0.4, 0.5) is 4.39 Å². The largest absolute Gasteiger partial charge is 0.394 e. The van der Waals surface area contributed by atoms with Crippen molar-refractivity contribution < 1.29 is 19.3 Å². The Hall–Kier alpha value is -2.79. The van der Waals surface area contributed by atoms with Crippen molar-refractivity contribution in [2.75, 3.05) is 6.61 Å². The lowest BCUT2D eigenvalue weighted by Gasteiger charge is -2.25. The molecular formula is C22H22FN3O3. The molecule has 4 rings (SSSR count). The number of ether oxygens (including phenoxy) is 1. The number of fused-ring (bicyclic) bond motifs is 1. The van der Waals surface area contributed by atoms with E-state index in [-0.39, 0.29) is 0 Å². The van der Waals surface area contributed by atoms with Gasteiger partial charge in [0.15, 0.2) is 11.9 Å². The third-order valence-electron chi connectivity index (χ3n) is 5.43. The van der Waals surface area contributed by atoms with E-state index < -0.39 is 30.7 Å². The number of aryl methyl sites for hydroxylation is 2. The van der Waals surface area contributed by atoms with Crippen LogP contribution in [0.3, 0.4) is 0 Å². The van der Waals surface area contributed by atoms with Gasteiger partial charge < -0.3 is 19.5 Å². The van der Waals surface area contributed by atoms with Crippen molar-refractivity contribution in [1.29, 1.82) is 0 Å². The maximum absolute atomic E-state index is 15.3. The molecule has 1 aromatic carbocycles. The molecule has 0 unspecified atom stereocenters. The predicted octanol–water partition coefficient (Wildman–Crippen LogP) is 2.43. The number of aliphatic hydroxyl groups is 2. The summed E-state index contributed by atoms with van der Waals surface area (Å²) in [5.74, 6) is 6.31. The van der Waals surface area contributed by atoms with Gasteiger partial charge in [-0.3, -0.25) is 0 Å². The van der Waals surface area contributed by atoms with E-state index in [4.69, 9.17) is 4.74 Å². The first-order chi connectivity index (χ1) is 13.8. The van der Waals surface area contributed by atoms with Crippen LogP contribution < -0.4 is 0 Å². The highest BCUT2D eigenvalue weighted by molar-refractivity contribution is 5.86. The first-order valence-corrected chi connectivity index (χ1v) is 9.37. The van der Waals surface area contributed by atoms with Gasteiger partial charge in [-0.1, -0.05) is 30.0 Å². The van der Waals surface area contributed by atoms with Crippen LogP contribution in [0.25, 0.3) is 11.0 Å². The van der Waals surface area contributed by atoms with Crippen molar-refractivity contribution in [3.63, 3.8) is 0 Å². The number of nitrogens with zero attached hydrogens (tertiary/aromatic N) is 3. The summed E-state index contributed by atoms with van der Waals surface area (Å²) in [5, 5.41) is 20.4. The topological polar surface area (TPSA) is 80.4 Å². The summed E-state index contributed by atoms with van der Waals surface area (Å²) in [4.78, 5) is 8.56. The van der Waals surface area contributed by atoms with Crippen LogP contribution >= 0.6 is 0 Å². The molecule has 2 N–H and O–H groups in total. The summed E-state index contributed by atoms with van der Waals surface area (Å²) in [7, 11) is 0. The first-order valence-electron chi connectivity index (χ1n) is 9.37. The fraction of sp³-hybridized carbons (Fsp3) is 0.364. The number of hydrogen-bond donors (Lipinski definition) is 2. The van der Waals surface area contributed by atoms with Gasteiger partial charge in [0.05, 0.1) is 23.3 Å². The van der Waals surface area contributed by atoms with Crippen molar-refractivity contribution in [1.82, 2.24) is 14.5 Å². The molecule has 0 aliphatic carbocycles. The molecule has 6 nitrogen and oxygen atoms in total. The van der Waals surface area contributed by atoms with Gasteiger partial charge in [-0.05, 0) is 32.4 Å². The molecule has 4 atom stereocenters. The van der Waals surface area contributed by atoms with Gasteiger partial charge in [0, 0.05) is 11.8 Å². The quantitative estimate of drug-likeness (QED) is 0.652. The number of aromatic nitrogens is 3. The maximum atomic E-state index is 15.3. The Morgan fingerprint density at radius 1 is 1.21 bits per heavy atom. The average molecular weight is 395 g/mol. The van der Waals surface area contributed by atoms with Gasteiger partial charge in [-0.15, -0.1) is 0 Å². The predicted molar refractivity (Wildman–Crippen MR) is 106 cm³/mol. The molecule has 1 saturated heterocycles. The normalized spacial score (nSPS) is 26.5. The van der Waals surface area contributed by atoms with Crippen molar-refractivity contribution in [3.05, 3.63) is 59.2 Å². The lowest BCUT2D eigenvalue weighted by atomic mass is 9.98. The standard InChI is InChI=1S/C22H22FN3O3/c1-13-6-4-5-7-15(13)8-9-16-10-26(20-18(16)14(2)24-12-25-20)21-22(3,23)19(28)17(11-27)29-21/h4-7,10,12,17,19,21,27-28H,11H2,1-3H3/t17-,19-,21-,22-/m1/s1. The molecular weight excluding hydrogens is 373 g/mol. The van der Waals surface area contributed by atoms with E-state index in [0.717, 1.165) is 11.1 Å². The van der Waals surface area contributed by atoms with E-state index in [1.807, 2.05) is 38.1 Å². The van der Waals surface area contributed by atoms with Gasteiger partial charge in [0.1, 0.15) is 24.2 Å². The molecule has 3 aromatic rings. The summed E-state index contributed by atoms with van der Waals surface area (Å²) in [6.07, 6.45) is -0.555. The molecule has 1 aliphatic rings. The van der Waals surface area contributed by atoms with Crippen LogP contribution in [-0.4, -0.2) is 49.2 Å². The summed E-state index contributed by atoms with van der Waals surface area (Å²) < 4.78 is 22.5. The van der Waals surface area contributed by atoms with E-state index in [1.165, 1.54) is 17.8 Å². The Balaban J connectivity index is 1.86. The summed E-state index contributed by atoms with van der Waals surface area (Å²) in [6.45, 7) is 4.60. The highest BCUT2D eigenvalue weighted by Gasteiger charge is 2.55. The second-order valence-electron chi connectivity index (χ2n) is 7.48. The zero-order chi connectivity index (χ0) is 20.8. The molecule has 7 heteroatoms. The Labute approximate surface area is 168 Å². The monoisotopic (exact) mass is 395 g/mol. The van der Waals surface area contributed by atoms with Gasteiger partial charge >= 0.3 is 0 Å². The average Bonchev–Trinajstić information content (AvgIpc) is 3.17. The second kappa shape index (κ2) is 7.23. The molecule has 0 radical (unpaired) electrons. The summed E-state index contributed by atoms with van der Waals surface area (Å²) in [6, 6.07) is 7.80. The van der Waals surface area contributed by atoms with Crippen LogP contribution in [0.2, 0.25) is 0 Å². The number of hydrogen-bond acceptors (Lipinski definition) is 5. The fourth-order valence-electron chi connectivity index (χ4n) is 3.72. The van der Waals surface area contributed by atoms with Gasteiger partial charge in [0.2, 0.25) is 0 Å². The fourth-order valence-corrected chi connectivity index (χ4v) is 3.72. The minimum atomic E-state index is -2.11. The number of alkyl halides is 1. The SMILES string of the molecule is Cc1ccccc1C#Cc1cn([C@@H]2O[C@H](CO)[C@@H](O)[C@@]2(C)F)c2ncnc(C)c12. The molecule has 150 valence electrons. The molecule has 2 aromatic heterocycles. The Morgan fingerprint density at radius 3 is 2.62 bits per heavy atom. The number of halogens is 1. The Bertz CT molecular complexity index is 1130. The number of benzene rings is 1. The molecule has 29 heavy (non-hydrogen) atoms. The maximum Gasteiger partial charge on any atom is 0.181 e. The Kier molecular flexibility index (Phi) is 4.87. The highest BCUT2D eigenvalue weighted by atomic mass is 19.1. The number of rotatable bonds is 2. The van der Waals surface area contributed by atoms with Crippen molar-refractivity contribution in [2.45, 2.75) is 44.9 Å². The molecule has 0 saturated carbocycles. The number of aliphatic hydroxyl groups excluding tert-OH is 2. The lowest BCUT2D eigenvalue weighted by molar-refractivity contribution is -0.0564. The van der Waals surface area contributed by atoms with Crippen molar-refractivity contribution >= 4 is 11.0 Å². The van der Waals surface area contributed by atoms with Crippen LogP contribution in [0.5, 0.6) is 0 Å². The minimum absolute atomic E-state index is 0.464. The lowest BCUT2D eigenvalue weighted by Crippen LogP contribution is -2.40. The molecule has 0 amide bonds. The van der Waals surface area contributed by atoms with Crippen LogP contribution in [-0.2, 0) is 4.74 Å². The molecule has 0 spiro atoms. The third kappa shape index (κ3) is 3.19. The zero-order valence-electron chi connectivity index (χ0n) is 16.4. The second-order valence-corrected chi connectivity index (χ2v) is 7.48. The summed E-state index contributed by atoms with van der Waals surface area (Å²) in [5.41, 5.74) is 1.65.